The fourth-order valence-electron chi connectivity index (χ4n) is 2.33. The molecular weight excluding hydrogens is 216 g/mol. The van der Waals surface area contributed by atoms with Gasteiger partial charge in [0.15, 0.2) is 0 Å². The van der Waals surface area contributed by atoms with Crippen molar-refractivity contribution in [3.63, 3.8) is 0 Å². The quantitative estimate of drug-likeness (QED) is 0.724. The molecule has 92 valence electrons. The van der Waals surface area contributed by atoms with Gasteiger partial charge < -0.3 is 16.6 Å². The zero-order chi connectivity index (χ0) is 12.4. The molecule has 5 N–H and O–H groups in total. The first-order valence-corrected chi connectivity index (χ1v) is 5.93. The number of nitrogens with two attached hydrogens (primary N) is 2. The maximum absolute atomic E-state index is 10.7. The predicted molar refractivity (Wildman–Crippen MR) is 65.6 cm³/mol. The Kier molecular flexibility index (Phi) is 3.45. The van der Waals surface area contributed by atoms with Gasteiger partial charge in [0.25, 0.3) is 0 Å². The lowest BCUT2D eigenvalue weighted by atomic mass is 9.97. The first kappa shape index (κ1) is 12.1. The average Bonchev–Trinajstić information content (AvgIpc) is 2.75. The number of aryl methyl sites for hydroxylation is 2. The highest BCUT2D eigenvalue weighted by molar-refractivity contribution is 5.73. The smallest absolute Gasteiger partial charge is 0.320 e. The summed E-state index contributed by atoms with van der Waals surface area (Å²) >= 11 is 0. The van der Waals surface area contributed by atoms with Gasteiger partial charge in [0.1, 0.15) is 6.04 Å². The molecule has 2 atom stereocenters. The van der Waals surface area contributed by atoms with Crippen LogP contribution in [0.4, 0.5) is 0 Å². The maximum Gasteiger partial charge on any atom is 0.320 e. The molecule has 0 saturated carbocycles. The lowest BCUT2D eigenvalue weighted by Crippen LogP contribution is -2.33. The van der Waals surface area contributed by atoms with E-state index in [1.807, 2.05) is 6.07 Å². The predicted octanol–water partition coefficient (Wildman–Crippen LogP) is 0.977. The van der Waals surface area contributed by atoms with Crippen molar-refractivity contribution in [3.05, 3.63) is 34.9 Å². The first-order valence-electron chi connectivity index (χ1n) is 5.93. The Morgan fingerprint density at radius 2 is 2.00 bits per heavy atom. The number of carbonyl (C=O) groups is 1. The first-order chi connectivity index (χ1) is 8.08. The highest BCUT2D eigenvalue weighted by Gasteiger charge is 2.19. The fraction of sp³-hybridized carbons (Fsp3) is 0.462. The van der Waals surface area contributed by atoms with Crippen LogP contribution >= 0.6 is 0 Å². The lowest BCUT2D eigenvalue weighted by Gasteiger charge is -2.15. The van der Waals surface area contributed by atoms with Gasteiger partial charge in [0, 0.05) is 6.04 Å². The van der Waals surface area contributed by atoms with Crippen LogP contribution in [0.25, 0.3) is 0 Å². The van der Waals surface area contributed by atoms with Crippen LogP contribution in [0.1, 0.15) is 35.6 Å². The molecule has 2 unspecified atom stereocenters. The van der Waals surface area contributed by atoms with Crippen LogP contribution in [0.3, 0.4) is 0 Å². The molecule has 0 spiro atoms. The van der Waals surface area contributed by atoms with E-state index < -0.39 is 12.0 Å². The standard InChI is InChI=1S/C13H18N2O2/c14-11(7-12(15)13(16)17)10-5-4-8-2-1-3-9(8)6-10/h4-6,11-12H,1-3,7,14-15H2,(H,16,17). The SMILES string of the molecule is NC(CC(N)c1ccc2c(c1)CCC2)C(=O)O. The van der Waals surface area contributed by atoms with Gasteiger partial charge in [-0.25, -0.2) is 0 Å². The van der Waals surface area contributed by atoms with Crippen molar-refractivity contribution in [1.82, 2.24) is 0 Å². The topological polar surface area (TPSA) is 89.3 Å². The van der Waals surface area contributed by atoms with Gasteiger partial charge in [-0.1, -0.05) is 18.2 Å². The third kappa shape index (κ3) is 2.65. The summed E-state index contributed by atoms with van der Waals surface area (Å²) in [6, 6.07) is 5.00. The van der Waals surface area contributed by atoms with E-state index >= 15 is 0 Å². The molecule has 2 rings (SSSR count). The molecule has 0 aromatic heterocycles. The Balaban J connectivity index is 2.09. The number of aliphatic carboxylic acids is 1. The van der Waals surface area contributed by atoms with Gasteiger partial charge in [-0.05, 0) is 42.4 Å². The molecule has 0 fully saturated rings. The van der Waals surface area contributed by atoms with E-state index in [1.54, 1.807) is 0 Å². The second-order valence-electron chi connectivity index (χ2n) is 4.67. The monoisotopic (exact) mass is 234 g/mol. The van der Waals surface area contributed by atoms with Gasteiger partial charge in [0.2, 0.25) is 0 Å². The van der Waals surface area contributed by atoms with Crippen molar-refractivity contribution in [2.24, 2.45) is 11.5 Å². The molecule has 1 aromatic carbocycles. The number of fused-ring (bicyclic) bond motifs is 1. The van der Waals surface area contributed by atoms with Crippen LogP contribution in [0.15, 0.2) is 18.2 Å². The molecule has 0 aliphatic heterocycles. The summed E-state index contributed by atoms with van der Waals surface area (Å²) in [6.45, 7) is 0. The minimum absolute atomic E-state index is 0.272. The number of carboxylic acids is 1. The Bertz CT molecular complexity index is 431. The third-order valence-corrected chi connectivity index (χ3v) is 3.38. The molecule has 4 nitrogen and oxygen atoms in total. The summed E-state index contributed by atoms with van der Waals surface area (Å²) < 4.78 is 0. The minimum atomic E-state index is -0.999. The van der Waals surface area contributed by atoms with Gasteiger partial charge in [-0.2, -0.15) is 0 Å². The molecule has 1 aromatic rings. The van der Waals surface area contributed by atoms with Crippen molar-refractivity contribution >= 4 is 5.97 Å². The normalized spacial score (nSPS) is 17.5. The van der Waals surface area contributed by atoms with E-state index in [0.29, 0.717) is 0 Å². The van der Waals surface area contributed by atoms with Crippen molar-refractivity contribution in [3.8, 4) is 0 Å². The largest absolute Gasteiger partial charge is 0.480 e. The molecule has 0 radical (unpaired) electrons. The van der Waals surface area contributed by atoms with Crippen LogP contribution in [0.2, 0.25) is 0 Å². The molecular formula is C13H18N2O2. The minimum Gasteiger partial charge on any atom is -0.480 e. The lowest BCUT2D eigenvalue weighted by molar-refractivity contribution is -0.138. The van der Waals surface area contributed by atoms with E-state index in [1.165, 1.54) is 17.5 Å². The Morgan fingerprint density at radius 1 is 1.29 bits per heavy atom. The summed E-state index contributed by atoms with van der Waals surface area (Å²) in [7, 11) is 0. The van der Waals surface area contributed by atoms with Gasteiger partial charge >= 0.3 is 5.97 Å². The van der Waals surface area contributed by atoms with Crippen LogP contribution in [-0.2, 0) is 17.6 Å². The second kappa shape index (κ2) is 4.85. The molecule has 0 saturated heterocycles. The van der Waals surface area contributed by atoms with Gasteiger partial charge in [-0.3, -0.25) is 4.79 Å². The number of rotatable bonds is 4. The van der Waals surface area contributed by atoms with E-state index in [9.17, 15) is 4.79 Å². The second-order valence-corrected chi connectivity index (χ2v) is 4.67. The summed E-state index contributed by atoms with van der Waals surface area (Å²) in [4.78, 5) is 10.7. The van der Waals surface area contributed by atoms with Crippen LogP contribution in [-0.4, -0.2) is 17.1 Å². The molecule has 1 aliphatic carbocycles. The molecule has 0 bridgehead atoms. The van der Waals surface area contributed by atoms with E-state index in [4.69, 9.17) is 16.6 Å². The Hall–Kier alpha value is -1.39. The summed E-state index contributed by atoms with van der Waals surface area (Å²) in [5, 5.41) is 8.75. The Morgan fingerprint density at radius 3 is 2.71 bits per heavy atom. The zero-order valence-electron chi connectivity index (χ0n) is 9.73. The van der Waals surface area contributed by atoms with Crippen molar-refractivity contribution in [2.45, 2.75) is 37.8 Å². The maximum atomic E-state index is 10.7. The summed E-state index contributed by atoms with van der Waals surface area (Å²) in [6.07, 6.45) is 3.71. The molecule has 17 heavy (non-hydrogen) atoms. The Labute approximate surface area is 101 Å². The van der Waals surface area contributed by atoms with Crippen molar-refractivity contribution in [2.75, 3.05) is 0 Å². The van der Waals surface area contributed by atoms with Crippen LogP contribution in [0, 0.1) is 0 Å². The molecule has 4 heteroatoms. The number of carboxylic acid groups (broad SMARTS) is 1. The van der Waals surface area contributed by atoms with Crippen molar-refractivity contribution in [1.29, 1.82) is 0 Å². The number of hydrogen-bond acceptors (Lipinski definition) is 3. The summed E-state index contributed by atoms with van der Waals surface area (Å²) in [5.41, 5.74) is 15.2. The van der Waals surface area contributed by atoms with Crippen LogP contribution in [0.5, 0.6) is 0 Å². The summed E-state index contributed by atoms with van der Waals surface area (Å²) in [5.74, 6) is -0.999. The van der Waals surface area contributed by atoms with E-state index in [2.05, 4.69) is 12.1 Å². The van der Waals surface area contributed by atoms with Crippen LogP contribution < -0.4 is 11.5 Å². The highest BCUT2D eigenvalue weighted by Crippen LogP contribution is 2.26. The van der Waals surface area contributed by atoms with E-state index in [0.717, 1.165) is 18.4 Å². The number of hydrogen-bond donors (Lipinski definition) is 3. The number of benzene rings is 1. The van der Waals surface area contributed by atoms with Gasteiger partial charge in [-0.15, -0.1) is 0 Å². The van der Waals surface area contributed by atoms with Crippen molar-refractivity contribution < 1.29 is 9.90 Å². The highest BCUT2D eigenvalue weighted by atomic mass is 16.4. The average molecular weight is 234 g/mol. The zero-order valence-corrected chi connectivity index (χ0v) is 9.73. The molecule has 1 aliphatic rings. The molecule has 0 amide bonds. The molecule has 0 heterocycles. The fourth-order valence-corrected chi connectivity index (χ4v) is 2.33. The van der Waals surface area contributed by atoms with Gasteiger partial charge in [0.05, 0.1) is 0 Å². The third-order valence-electron chi connectivity index (χ3n) is 3.38. The van der Waals surface area contributed by atoms with E-state index in [-0.39, 0.29) is 12.5 Å².